The Bertz CT molecular complexity index is 670. The van der Waals surface area contributed by atoms with Crippen molar-refractivity contribution in [2.75, 3.05) is 0 Å². The van der Waals surface area contributed by atoms with Crippen LogP contribution < -0.4 is 0 Å². The lowest BCUT2D eigenvalue weighted by Crippen LogP contribution is -2.25. The first kappa shape index (κ1) is 12.0. The largest absolute Gasteiger partial charge is 0.492 e. The standard InChI is InChI=1S/C17H16O2/c1-11-10-19-17(12(2)16(11)18)15-8-7-13-5-3-4-6-14(13)9-15/h3-10,12,17H,1-2H3/t12-,17+/m0/s1. The van der Waals surface area contributed by atoms with E-state index in [1.807, 2.05) is 25.1 Å². The van der Waals surface area contributed by atoms with Crippen LogP contribution in [-0.2, 0) is 9.53 Å². The van der Waals surface area contributed by atoms with Gasteiger partial charge in [0.05, 0.1) is 12.2 Å². The van der Waals surface area contributed by atoms with Crippen molar-refractivity contribution < 1.29 is 9.53 Å². The average molecular weight is 252 g/mol. The smallest absolute Gasteiger partial charge is 0.168 e. The minimum Gasteiger partial charge on any atom is -0.492 e. The summed E-state index contributed by atoms with van der Waals surface area (Å²) in [5, 5.41) is 2.38. The molecule has 96 valence electrons. The monoisotopic (exact) mass is 252 g/mol. The summed E-state index contributed by atoms with van der Waals surface area (Å²) in [4.78, 5) is 12.0. The molecule has 1 heterocycles. The van der Waals surface area contributed by atoms with E-state index in [9.17, 15) is 4.79 Å². The van der Waals surface area contributed by atoms with Crippen molar-refractivity contribution in [1.82, 2.24) is 0 Å². The molecule has 0 radical (unpaired) electrons. The van der Waals surface area contributed by atoms with Gasteiger partial charge in [0.1, 0.15) is 6.10 Å². The maximum absolute atomic E-state index is 12.0. The molecule has 2 atom stereocenters. The van der Waals surface area contributed by atoms with Crippen molar-refractivity contribution in [2.24, 2.45) is 5.92 Å². The summed E-state index contributed by atoms with van der Waals surface area (Å²) in [5.41, 5.74) is 1.76. The first-order chi connectivity index (χ1) is 9.16. The van der Waals surface area contributed by atoms with Gasteiger partial charge in [-0.05, 0) is 29.3 Å². The van der Waals surface area contributed by atoms with Crippen molar-refractivity contribution in [3.8, 4) is 0 Å². The van der Waals surface area contributed by atoms with Gasteiger partial charge in [0.15, 0.2) is 5.78 Å². The highest BCUT2D eigenvalue weighted by molar-refractivity contribution is 5.97. The predicted molar refractivity (Wildman–Crippen MR) is 75.7 cm³/mol. The molecule has 0 aliphatic carbocycles. The Labute approximate surface area is 112 Å². The van der Waals surface area contributed by atoms with Gasteiger partial charge in [0.25, 0.3) is 0 Å². The summed E-state index contributed by atoms with van der Waals surface area (Å²) >= 11 is 0. The first-order valence-corrected chi connectivity index (χ1v) is 6.52. The minimum absolute atomic E-state index is 0.133. The molecule has 2 heteroatoms. The Hall–Kier alpha value is -2.09. The van der Waals surface area contributed by atoms with Gasteiger partial charge < -0.3 is 4.74 Å². The summed E-state index contributed by atoms with van der Waals surface area (Å²) in [6.45, 7) is 3.73. The highest BCUT2D eigenvalue weighted by Gasteiger charge is 2.31. The van der Waals surface area contributed by atoms with Crippen molar-refractivity contribution in [3.05, 3.63) is 59.9 Å². The van der Waals surface area contributed by atoms with Gasteiger partial charge in [-0.2, -0.15) is 0 Å². The highest BCUT2D eigenvalue weighted by Crippen LogP contribution is 2.33. The van der Waals surface area contributed by atoms with Gasteiger partial charge in [-0.1, -0.05) is 43.3 Å². The SMILES string of the molecule is CC1=CO[C@@H](c2ccc3ccccc3c2)[C@@H](C)C1=O. The van der Waals surface area contributed by atoms with E-state index in [1.165, 1.54) is 10.8 Å². The second-order valence-electron chi connectivity index (χ2n) is 5.12. The summed E-state index contributed by atoms with van der Waals surface area (Å²) in [6.07, 6.45) is 1.41. The van der Waals surface area contributed by atoms with Crippen molar-refractivity contribution >= 4 is 16.6 Å². The molecule has 0 amide bonds. The molecule has 2 aromatic rings. The molecule has 0 bridgehead atoms. The first-order valence-electron chi connectivity index (χ1n) is 6.52. The number of ketones is 1. The lowest BCUT2D eigenvalue weighted by atomic mass is 9.88. The van der Waals surface area contributed by atoms with Gasteiger partial charge >= 0.3 is 0 Å². The van der Waals surface area contributed by atoms with Gasteiger partial charge in [0, 0.05) is 5.57 Å². The summed E-state index contributed by atoms with van der Waals surface area (Å²) in [5.74, 6) is 0.0376. The number of carbonyl (C=O) groups is 1. The Morgan fingerprint density at radius 2 is 1.79 bits per heavy atom. The van der Waals surface area contributed by atoms with Gasteiger partial charge in [-0.25, -0.2) is 0 Å². The minimum atomic E-state index is -0.180. The second-order valence-corrected chi connectivity index (χ2v) is 5.12. The van der Waals surface area contributed by atoms with Crippen LogP contribution in [0.2, 0.25) is 0 Å². The number of Topliss-reactive ketones (excluding diaryl/α,β-unsaturated/α-hetero) is 1. The quantitative estimate of drug-likeness (QED) is 0.766. The predicted octanol–water partition coefficient (Wildman–Crippen LogP) is 4.02. The van der Waals surface area contributed by atoms with Crippen LogP contribution >= 0.6 is 0 Å². The zero-order valence-electron chi connectivity index (χ0n) is 11.1. The maximum Gasteiger partial charge on any atom is 0.168 e. The average Bonchev–Trinajstić information content (AvgIpc) is 2.44. The number of hydrogen-bond donors (Lipinski definition) is 0. The fraction of sp³-hybridized carbons (Fsp3) is 0.235. The molecule has 1 aliphatic heterocycles. The number of fused-ring (bicyclic) bond motifs is 1. The molecular formula is C17H16O2. The van der Waals surface area contributed by atoms with E-state index in [2.05, 4.69) is 24.3 Å². The van der Waals surface area contributed by atoms with E-state index >= 15 is 0 Å². The van der Waals surface area contributed by atoms with E-state index in [4.69, 9.17) is 4.74 Å². The molecule has 0 N–H and O–H groups in total. The van der Waals surface area contributed by atoms with E-state index in [-0.39, 0.29) is 17.8 Å². The molecule has 0 fully saturated rings. The van der Waals surface area contributed by atoms with Crippen LogP contribution in [0.5, 0.6) is 0 Å². The lowest BCUT2D eigenvalue weighted by Gasteiger charge is -2.27. The maximum atomic E-state index is 12.0. The molecule has 2 aromatic carbocycles. The molecule has 3 rings (SSSR count). The number of allylic oxidation sites excluding steroid dienone is 1. The van der Waals surface area contributed by atoms with Crippen LogP contribution in [0.4, 0.5) is 0 Å². The van der Waals surface area contributed by atoms with E-state index in [0.29, 0.717) is 5.57 Å². The van der Waals surface area contributed by atoms with Gasteiger partial charge in [-0.3, -0.25) is 4.79 Å². The second kappa shape index (κ2) is 4.54. The molecule has 0 spiro atoms. The number of ether oxygens (including phenoxy) is 1. The van der Waals surface area contributed by atoms with Crippen LogP contribution in [0.3, 0.4) is 0 Å². The van der Waals surface area contributed by atoms with Gasteiger partial charge in [-0.15, -0.1) is 0 Å². The fourth-order valence-electron chi connectivity index (χ4n) is 2.60. The number of hydrogen-bond acceptors (Lipinski definition) is 2. The van der Waals surface area contributed by atoms with Gasteiger partial charge in [0.2, 0.25) is 0 Å². The normalized spacial score (nSPS) is 23.1. The van der Waals surface area contributed by atoms with E-state index < -0.39 is 0 Å². The zero-order valence-corrected chi connectivity index (χ0v) is 11.1. The molecule has 2 nitrogen and oxygen atoms in total. The van der Waals surface area contributed by atoms with E-state index in [1.54, 1.807) is 13.2 Å². The van der Waals surface area contributed by atoms with Crippen LogP contribution in [0.15, 0.2) is 54.3 Å². The number of carbonyl (C=O) groups excluding carboxylic acids is 1. The van der Waals surface area contributed by atoms with Crippen LogP contribution in [0, 0.1) is 5.92 Å². The Balaban J connectivity index is 2.03. The van der Waals surface area contributed by atoms with Crippen molar-refractivity contribution in [1.29, 1.82) is 0 Å². The molecule has 0 unspecified atom stereocenters. The molecular weight excluding hydrogens is 236 g/mol. The molecule has 19 heavy (non-hydrogen) atoms. The number of benzene rings is 2. The Morgan fingerprint density at radius 3 is 2.58 bits per heavy atom. The van der Waals surface area contributed by atoms with Crippen molar-refractivity contribution in [3.63, 3.8) is 0 Å². The molecule has 0 saturated heterocycles. The zero-order chi connectivity index (χ0) is 13.4. The summed E-state index contributed by atoms with van der Waals surface area (Å²) < 4.78 is 5.72. The van der Waals surface area contributed by atoms with Crippen molar-refractivity contribution in [2.45, 2.75) is 20.0 Å². The number of rotatable bonds is 1. The fourth-order valence-corrected chi connectivity index (χ4v) is 2.60. The topological polar surface area (TPSA) is 26.3 Å². The lowest BCUT2D eigenvalue weighted by molar-refractivity contribution is -0.124. The van der Waals surface area contributed by atoms with E-state index in [0.717, 1.165) is 5.56 Å². The molecule has 0 saturated carbocycles. The van der Waals surface area contributed by atoms with Crippen LogP contribution in [0.1, 0.15) is 25.5 Å². The third-order valence-electron chi connectivity index (χ3n) is 3.75. The third-order valence-corrected chi connectivity index (χ3v) is 3.75. The summed E-state index contributed by atoms with van der Waals surface area (Å²) in [7, 11) is 0. The van der Waals surface area contributed by atoms with Crippen LogP contribution in [-0.4, -0.2) is 5.78 Å². The molecule has 0 aromatic heterocycles. The Kier molecular flexibility index (Phi) is 2.86. The summed E-state index contributed by atoms with van der Waals surface area (Å²) in [6, 6.07) is 14.4. The third kappa shape index (κ3) is 2.03. The molecule has 1 aliphatic rings. The highest BCUT2D eigenvalue weighted by atomic mass is 16.5. The van der Waals surface area contributed by atoms with Crippen LogP contribution in [0.25, 0.3) is 10.8 Å². The Morgan fingerprint density at radius 1 is 1.05 bits per heavy atom.